The second-order valence-corrected chi connectivity index (χ2v) is 5.59. The highest BCUT2D eigenvalue weighted by molar-refractivity contribution is 6.37. The molecule has 1 atom stereocenters. The number of carboxylic acids is 1. The van der Waals surface area contributed by atoms with E-state index in [0.29, 0.717) is 23.0 Å². The van der Waals surface area contributed by atoms with Crippen LogP contribution >= 0.6 is 23.2 Å². The van der Waals surface area contributed by atoms with Crippen molar-refractivity contribution < 1.29 is 19.4 Å². The van der Waals surface area contributed by atoms with Crippen LogP contribution in [-0.2, 0) is 9.59 Å². The van der Waals surface area contributed by atoms with Crippen molar-refractivity contribution >= 4 is 35.1 Å². The summed E-state index contributed by atoms with van der Waals surface area (Å²) in [5, 5.41) is 9.77. The average molecular weight is 332 g/mol. The molecule has 1 aliphatic rings. The molecule has 0 spiro atoms. The van der Waals surface area contributed by atoms with Crippen molar-refractivity contribution in [2.75, 3.05) is 13.2 Å². The minimum atomic E-state index is -0.987. The molecule has 0 bridgehead atoms. The number of rotatable bonds is 4. The van der Waals surface area contributed by atoms with Crippen molar-refractivity contribution in [3.63, 3.8) is 0 Å². The molecule has 1 aromatic carbocycles. The Morgan fingerprint density at radius 1 is 1.29 bits per heavy atom. The van der Waals surface area contributed by atoms with Crippen LogP contribution in [0.3, 0.4) is 0 Å². The summed E-state index contributed by atoms with van der Waals surface area (Å²) >= 11 is 11.9. The number of likely N-dealkylation sites (tertiary alicyclic amines) is 1. The highest BCUT2D eigenvalue weighted by Gasteiger charge is 2.32. The van der Waals surface area contributed by atoms with Gasteiger partial charge >= 0.3 is 5.97 Å². The zero-order valence-electron chi connectivity index (χ0n) is 11.2. The van der Waals surface area contributed by atoms with Crippen molar-refractivity contribution in [2.45, 2.75) is 25.3 Å². The van der Waals surface area contributed by atoms with Crippen LogP contribution < -0.4 is 4.74 Å². The fourth-order valence-corrected chi connectivity index (χ4v) is 2.83. The highest BCUT2D eigenvalue weighted by atomic mass is 35.5. The number of hydrogen-bond acceptors (Lipinski definition) is 3. The Balaban J connectivity index is 2.02. The van der Waals surface area contributed by atoms with Crippen LogP contribution in [-0.4, -0.2) is 41.1 Å². The van der Waals surface area contributed by atoms with Crippen LogP contribution in [0, 0.1) is 0 Å². The maximum Gasteiger partial charge on any atom is 0.326 e. The number of para-hydroxylation sites is 1. The minimum absolute atomic E-state index is 0.234. The number of amides is 1. The van der Waals surface area contributed by atoms with Crippen LogP contribution in [0.2, 0.25) is 10.0 Å². The molecule has 1 fully saturated rings. The summed E-state index contributed by atoms with van der Waals surface area (Å²) in [7, 11) is 0. The summed E-state index contributed by atoms with van der Waals surface area (Å²) in [6.07, 6.45) is 2.06. The van der Waals surface area contributed by atoms with E-state index in [-0.39, 0.29) is 18.3 Å². The summed E-state index contributed by atoms with van der Waals surface area (Å²) in [6.45, 7) is 0.142. The van der Waals surface area contributed by atoms with E-state index in [1.165, 1.54) is 4.90 Å². The molecule has 7 heteroatoms. The van der Waals surface area contributed by atoms with Crippen LogP contribution in [0.15, 0.2) is 18.2 Å². The molecule has 1 heterocycles. The van der Waals surface area contributed by atoms with E-state index in [1.54, 1.807) is 18.2 Å². The predicted molar refractivity (Wildman–Crippen MR) is 78.9 cm³/mol. The van der Waals surface area contributed by atoms with Gasteiger partial charge in [0.25, 0.3) is 5.91 Å². The Morgan fingerprint density at radius 2 is 1.95 bits per heavy atom. The van der Waals surface area contributed by atoms with Gasteiger partial charge in [-0.05, 0) is 31.4 Å². The van der Waals surface area contributed by atoms with E-state index in [4.69, 9.17) is 33.0 Å². The normalized spacial score (nSPS) is 18.4. The lowest BCUT2D eigenvalue weighted by Gasteiger charge is -2.32. The lowest BCUT2D eigenvalue weighted by molar-refractivity contribution is -0.152. The third kappa shape index (κ3) is 3.80. The van der Waals surface area contributed by atoms with Gasteiger partial charge in [-0.25, -0.2) is 4.79 Å². The number of nitrogens with zero attached hydrogens (tertiary/aromatic N) is 1. The van der Waals surface area contributed by atoms with Crippen LogP contribution in [0.25, 0.3) is 0 Å². The summed E-state index contributed by atoms with van der Waals surface area (Å²) in [5.74, 6) is -1.13. The number of carboxylic acid groups (broad SMARTS) is 1. The Labute approximate surface area is 132 Å². The van der Waals surface area contributed by atoms with Gasteiger partial charge in [0.05, 0.1) is 10.0 Å². The smallest absolute Gasteiger partial charge is 0.326 e. The predicted octanol–water partition coefficient (Wildman–Crippen LogP) is 2.84. The largest absolute Gasteiger partial charge is 0.481 e. The molecule has 1 aromatic rings. The highest BCUT2D eigenvalue weighted by Crippen LogP contribution is 2.32. The maximum absolute atomic E-state index is 12.2. The molecule has 1 aliphatic heterocycles. The molecule has 0 saturated carbocycles. The van der Waals surface area contributed by atoms with Gasteiger partial charge in [-0.2, -0.15) is 0 Å². The molecule has 1 saturated heterocycles. The quantitative estimate of drug-likeness (QED) is 0.921. The van der Waals surface area contributed by atoms with E-state index < -0.39 is 12.0 Å². The second kappa shape index (κ2) is 7.00. The van der Waals surface area contributed by atoms with Gasteiger partial charge in [-0.1, -0.05) is 29.3 Å². The fraction of sp³-hybridized carbons (Fsp3) is 0.429. The number of aliphatic carboxylic acids is 1. The number of hydrogen-bond donors (Lipinski definition) is 1. The van der Waals surface area contributed by atoms with Crippen LogP contribution in [0.4, 0.5) is 0 Å². The van der Waals surface area contributed by atoms with E-state index >= 15 is 0 Å². The molecular formula is C14H15Cl2NO4. The summed E-state index contributed by atoms with van der Waals surface area (Å²) in [4.78, 5) is 24.7. The Kier molecular flexibility index (Phi) is 5.31. The first-order valence-corrected chi connectivity index (χ1v) is 7.35. The number of benzene rings is 1. The topological polar surface area (TPSA) is 66.8 Å². The Hall–Kier alpha value is -1.46. The van der Waals surface area contributed by atoms with Crippen molar-refractivity contribution in [3.8, 4) is 5.75 Å². The Bertz CT molecular complexity index is 530. The molecule has 0 aromatic heterocycles. The zero-order valence-corrected chi connectivity index (χ0v) is 12.7. The first kappa shape index (κ1) is 15.9. The molecular weight excluding hydrogens is 317 g/mol. The summed E-state index contributed by atoms with van der Waals surface area (Å²) < 4.78 is 5.36. The zero-order chi connectivity index (χ0) is 15.4. The van der Waals surface area contributed by atoms with Crippen LogP contribution in [0.1, 0.15) is 19.3 Å². The third-order valence-corrected chi connectivity index (χ3v) is 3.96. The molecule has 1 amide bonds. The SMILES string of the molecule is O=C(O)C1CCCCN1C(=O)COc1c(Cl)cccc1Cl. The maximum atomic E-state index is 12.2. The molecule has 5 nitrogen and oxygen atoms in total. The van der Waals surface area contributed by atoms with Gasteiger partial charge in [-0.3, -0.25) is 4.79 Å². The molecule has 21 heavy (non-hydrogen) atoms. The van der Waals surface area contributed by atoms with Crippen molar-refractivity contribution in [1.82, 2.24) is 4.90 Å². The summed E-state index contributed by atoms with van der Waals surface area (Å²) in [5.41, 5.74) is 0. The van der Waals surface area contributed by atoms with E-state index in [9.17, 15) is 9.59 Å². The van der Waals surface area contributed by atoms with E-state index in [2.05, 4.69) is 0 Å². The van der Waals surface area contributed by atoms with Crippen molar-refractivity contribution in [3.05, 3.63) is 28.2 Å². The minimum Gasteiger partial charge on any atom is -0.481 e. The van der Waals surface area contributed by atoms with Gasteiger partial charge in [0.1, 0.15) is 6.04 Å². The lowest BCUT2D eigenvalue weighted by atomic mass is 10.0. The standard InChI is InChI=1S/C14H15Cl2NO4/c15-9-4-3-5-10(16)13(9)21-8-12(18)17-7-2-1-6-11(17)14(19)20/h3-5,11H,1-2,6-8H2,(H,19,20). The number of carbonyl (C=O) groups is 2. The van der Waals surface area contributed by atoms with E-state index in [1.807, 2.05) is 0 Å². The van der Waals surface area contributed by atoms with Gasteiger partial charge in [0.15, 0.2) is 12.4 Å². The number of ether oxygens (including phenoxy) is 1. The van der Waals surface area contributed by atoms with Gasteiger partial charge in [-0.15, -0.1) is 0 Å². The third-order valence-electron chi connectivity index (χ3n) is 3.37. The average Bonchev–Trinajstić information content (AvgIpc) is 2.46. The van der Waals surface area contributed by atoms with Crippen molar-refractivity contribution in [2.24, 2.45) is 0 Å². The lowest BCUT2D eigenvalue weighted by Crippen LogP contribution is -2.49. The first-order valence-electron chi connectivity index (χ1n) is 6.60. The second-order valence-electron chi connectivity index (χ2n) is 4.78. The van der Waals surface area contributed by atoms with Gasteiger partial charge in [0.2, 0.25) is 0 Å². The van der Waals surface area contributed by atoms with Gasteiger partial charge < -0.3 is 14.7 Å². The number of halogens is 2. The number of carbonyl (C=O) groups excluding carboxylic acids is 1. The molecule has 114 valence electrons. The Morgan fingerprint density at radius 3 is 2.57 bits per heavy atom. The molecule has 0 aliphatic carbocycles. The molecule has 2 rings (SSSR count). The first-order chi connectivity index (χ1) is 10.0. The molecule has 1 N–H and O–H groups in total. The van der Waals surface area contributed by atoms with Crippen LogP contribution in [0.5, 0.6) is 5.75 Å². The van der Waals surface area contributed by atoms with Crippen molar-refractivity contribution in [1.29, 1.82) is 0 Å². The molecule has 0 radical (unpaired) electrons. The summed E-state index contributed by atoms with van der Waals surface area (Å²) in [6, 6.07) is 4.10. The van der Waals surface area contributed by atoms with Gasteiger partial charge in [0, 0.05) is 6.54 Å². The van der Waals surface area contributed by atoms with E-state index in [0.717, 1.165) is 12.8 Å². The molecule has 1 unspecified atom stereocenters. The fourth-order valence-electron chi connectivity index (χ4n) is 2.32. The number of piperidine rings is 1. The monoisotopic (exact) mass is 331 g/mol.